The molecule has 8 atom stereocenters. The summed E-state index contributed by atoms with van der Waals surface area (Å²) in [6.45, 7) is 10.8. The van der Waals surface area contributed by atoms with Gasteiger partial charge in [0.05, 0.1) is 8.07 Å². The third-order valence-corrected chi connectivity index (χ3v) is 19.4. The summed E-state index contributed by atoms with van der Waals surface area (Å²) in [6.07, 6.45) is 17.7. The molecule has 8 unspecified atom stereocenters. The first-order valence-corrected chi connectivity index (χ1v) is 22.6. The number of hydrogen-bond acceptors (Lipinski definition) is 0. The molecular formula is C50H48Si. The van der Waals surface area contributed by atoms with Crippen LogP contribution in [0.1, 0.15) is 37.8 Å². The fourth-order valence-corrected chi connectivity index (χ4v) is 18.7. The summed E-state index contributed by atoms with van der Waals surface area (Å²) in [7, 11) is -1.78. The summed E-state index contributed by atoms with van der Waals surface area (Å²) in [5, 5.41) is 10.8. The van der Waals surface area contributed by atoms with Gasteiger partial charge in [-0.25, -0.2) is 0 Å². The molecule has 2 saturated carbocycles. The molecular weight excluding hydrogens is 629 g/mol. The van der Waals surface area contributed by atoms with Crippen LogP contribution < -0.4 is 0 Å². The van der Waals surface area contributed by atoms with Crippen molar-refractivity contribution in [3.05, 3.63) is 157 Å². The highest BCUT2D eigenvalue weighted by Gasteiger charge is 2.57. The maximum absolute atomic E-state index is 2.80. The van der Waals surface area contributed by atoms with Gasteiger partial charge in [-0.2, -0.15) is 0 Å². The molecule has 0 aromatic heterocycles. The van der Waals surface area contributed by atoms with E-state index in [-0.39, 0.29) is 0 Å². The van der Waals surface area contributed by atoms with Crippen LogP contribution in [0.3, 0.4) is 0 Å². The lowest BCUT2D eigenvalue weighted by atomic mass is 9.79. The molecule has 0 nitrogen and oxygen atoms in total. The molecule has 6 aromatic carbocycles. The standard InChI is InChI=1S/C50H48Si/c1-31-25-47-41(39-19-9-17-37-27-33-13-5-7-15-35(33)29-45(37)39)21-11-23-43(47)49(31)51(3,4)50-32(2)26-48-42(22-12-24-44(48)50)40-20-10-18-38-28-34-14-6-8-16-36(34)30-46(38)40/h5-24,27-32,43-44,47-50H,25-26H2,1-4H3. The highest BCUT2D eigenvalue weighted by Crippen LogP contribution is 2.65. The maximum Gasteiger partial charge on any atom is 0.0553 e. The van der Waals surface area contributed by atoms with Gasteiger partial charge >= 0.3 is 0 Å². The van der Waals surface area contributed by atoms with Gasteiger partial charge in [0, 0.05) is 0 Å². The third kappa shape index (κ3) is 4.84. The first-order chi connectivity index (χ1) is 24.9. The Bertz CT molecular complexity index is 2320. The fraction of sp³-hybridized carbons (Fsp3) is 0.280. The van der Waals surface area contributed by atoms with Crippen molar-refractivity contribution in [2.45, 2.75) is 50.9 Å². The molecule has 51 heavy (non-hydrogen) atoms. The molecule has 0 N–H and O–H groups in total. The Kier molecular flexibility index (Phi) is 7.23. The Hall–Kier alpha value is -4.46. The molecule has 2 fully saturated rings. The normalized spacial score (nSPS) is 28.7. The van der Waals surface area contributed by atoms with Crippen molar-refractivity contribution in [1.82, 2.24) is 0 Å². The Labute approximate surface area is 304 Å². The molecule has 252 valence electrons. The quantitative estimate of drug-likeness (QED) is 0.129. The van der Waals surface area contributed by atoms with Gasteiger partial charge in [0.2, 0.25) is 0 Å². The molecule has 0 radical (unpaired) electrons. The number of fused-ring (bicyclic) bond motifs is 6. The van der Waals surface area contributed by atoms with Crippen LogP contribution >= 0.6 is 0 Å². The van der Waals surface area contributed by atoms with Crippen molar-refractivity contribution in [3.63, 3.8) is 0 Å². The lowest BCUT2D eigenvalue weighted by Gasteiger charge is -2.46. The van der Waals surface area contributed by atoms with Crippen LogP contribution in [0, 0.1) is 35.5 Å². The molecule has 0 spiro atoms. The third-order valence-electron chi connectivity index (χ3n) is 14.1. The van der Waals surface area contributed by atoms with Gasteiger partial charge in [0.1, 0.15) is 0 Å². The average molecular weight is 677 g/mol. The first-order valence-electron chi connectivity index (χ1n) is 19.5. The minimum absolute atomic E-state index is 0.592. The summed E-state index contributed by atoms with van der Waals surface area (Å²) in [6, 6.07) is 41.3. The van der Waals surface area contributed by atoms with Crippen molar-refractivity contribution >= 4 is 62.3 Å². The summed E-state index contributed by atoms with van der Waals surface area (Å²) in [5.41, 5.74) is 7.60. The summed E-state index contributed by atoms with van der Waals surface area (Å²) < 4.78 is 0. The molecule has 4 aliphatic rings. The largest absolute Gasteiger partial charge is 0.0808 e. The van der Waals surface area contributed by atoms with E-state index < -0.39 is 8.07 Å². The van der Waals surface area contributed by atoms with E-state index in [0.29, 0.717) is 23.7 Å². The Balaban J connectivity index is 0.985. The summed E-state index contributed by atoms with van der Waals surface area (Å²) >= 11 is 0. The second-order valence-corrected chi connectivity index (χ2v) is 22.1. The van der Waals surface area contributed by atoms with Crippen LogP contribution in [0.25, 0.3) is 54.2 Å². The molecule has 0 bridgehead atoms. The van der Waals surface area contributed by atoms with E-state index in [2.05, 4.69) is 173 Å². The van der Waals surface area contributed by atoms with Crippen LogP contribution in [-0.2, 0) is 0 Å². The topological polar surface area (TPSA) is 0 Å². The second kappa shape index (κ2) is 11.8. The van der Waals surface area contributed by atoms with Gasteiger partial charge in [-0.1, -0.05) is 148 Å². The molecule has 0 aliphatic heterocycles. The van der Waals surface area contributed by atoms with Crippen molar-refractivity contribution in [3.8, 4) is 0 Å². The van der Waals surface area contributed by atoms with E-state index in [4.69, 9.17) is 0 Å². The molecule has 0 amide bonds. The predicted molar refractivity (Wildman–Crippen MR) is 224 cm³/mol. The lowest BCUT2D eigenvalue weighted by Crippen LogP contribution is -2.45. The average Bonchev–Trinajstić information content (AvgIpc) is 3.69. The van der Waals surface area contributed by atoms with E-state index >= 15 is 0 Å². The van der Waals surface area contributed by atoms with Crippen molar-refractivity contribution in [1.29, 1.82) is 0 Å². The number of hydrogen-bond donors (Lipinski definition) is 0. The van der Waals surface area contributed by atoms with Crippen LogP contribution in [-0.4, -0.2) is 8.07 Å². The molecule has 0 saturated heterocycles. The van der Waals surface area contributed by atoms with E-state index in [1.807, 2.05) is 0 Å². The lowest BCUT2D eigenvalue weighted by molar-refractivity contribution is 0.495. The van der Waals surface area contributed by atoms with E-state index in [1.54, 1.807) is 11.1 Å². The van der Waals surface area contributed by atoms with Crippen molar-refractivity contribution < 1.29 is 0 Å². The zero-order valence-electron chi connectivity index (χ0n) is 30.4. The molecule has 6 aromatic rings. The van der Waals surface area contributed by atoms with E-state index in [9.17, 15) is 0 Å². The molecule has 0 heterocycles. The van der Waals surface area contributed by atoms with Gasteiger partial charge in [-0.3, -0.25) is 0 Å². The number of benzene rings is 6. The summed E-state index contributed by atoms with van der Waals surface area (Å²) in [5.74, 6) is 3.88. The zero-order valence-corrected chi connectivity index (χ0v) is 31.4. The van der Waals surface area contributed by atoms with Gasteiger partial charge in [0.25, 0.3) is 0 Å². The zero-order chi connectivity index (χ0) is 34.4. The highest BCUT2D eigenvalue weighted by atomic mass is 28.3. The SMILES string of the molecule is CC1CC2C(c3cccc4cc5ccccc5cc34)=CC=CC2C1[Si](C)(C)C1C(C)CC2C(c3cccc4cc5ccccc5cc34)=CC=CC21. The minimum atomic E-state index is -1.78. The molecule has 4 aliphatic carbocycles. The van der Waals surface area contributed by atoms with Gasteiger partial charge in [0.15, 0.2) is 0 Å². The Morgan fingerprint density at radius 2 is 0.863 bits per heavy atom. The van der Waals surface area contributed by atoms with Gasteiger partial charge in [-0.15, -0.1) is 0 Å². The van der Waals surface area contributed by atoms with E-state index in [1.165, 1.54) is 67.1 Å². The molecule has 10 rings (SSSR count). The van der Waals surface area contributed by atoms with Crippen LogP contribution in [0.5, 0.6) is 0 Å². The van der Waals surface area contributed by atoms with Crippen LogP contribution in [0.4, 0.5) is 0 Å². The highest BCUT2D eigenvalue weighted by molar-refractivity contribution is 6.80. The smallest absolute Gasteiger partial charge is 0.0553 e. The fourth-order valence-electron chi connectivity index (χ4n) is 12.4. The van der Waals surface area contributed by atoms with E-state index in [0.717, 1.165) is 22.9 Å². The van der Waals surface area contributed by atoms with Crippen LogP contribution in [0.2, 0.25) is 24.2 Å². The Morgan fingerprint density at radius 1 is 0.471 bits per heavy atom. The minimum Gasteiger partial charge on any atom is -0.0808 e. The monoisotopic (exact) mass is 676 g/mol. The maximum atomic E-state index is 2.80. The van der Waals surface area contributed by atoms with Gasteiger partial charge in [-0.05, 0) is 149 Å². The van der Waals surface area contributed by atoms with Crippen molar-refractivity contribution in [2.24, 2.45) is 35.5 Å². The number of rotatable bonds is 4. The number of allylic oxidation sites excluding steroid dienone is 8. The summed E-state index contributed by atoms with van der Waals surface area (Å²) in [4.78, 5) is 0. The first kappa shape index (κ1) is 31.3. The Morgan fingerprint density at radius 3 is 1.29 bits per heavy atom. The van der Waals surface area contributed by atoms with Crippen molar-refractivity contribution in [2.75, 3.05) is 0 Å². The predicted octanol–water partition coefficient (Wildman–Crippen LogP) is 13.9. The second-order valence-electron chi connectivity index (χ2n) is 17.1. The molecule has 1 heteroatoms. The van der Waals surface area contributed by atoms with Crippen LogP contribution in [0.15, 0.2) is 146 Å². The van der Waals surface area contributed by atoms with Gasteiger partial charge < -0.3 is 0 Å².